The topological polar surface area (TPSA) is 68.2 Å². The number of piperidine rings is 1. The third-order valence-corrected chi connectivity index (χ3v) is 5.42. The Labute approximate surface area is 155 Å². The molecule has 1 aliphatic carbocycles. The zero-order chi connectivity index (χ0) is 16.4. The first-order valence-electron chi connectivity index (χ1n) is 9.18. The van der Waals surface area contributed by atoms with Crippen LogP contribution in [0.15, 0.2) is 28.8 Å². The van der Waals surface area contributed by atoms with Gasteiger partial charge in [0.25, 0.3) is 5.89 Å². The molecule has 1 aromatic carbocycles. The molecule has 2 heterocycles. The van der Waals surface area contributed by atoms with Crippen LogP contribution in [0.4, 0.5) is 0 Å². The van der Waals surface area contributed by atoms with Gasteiger partial charge in [0.15, 0.2) is 5.82 Å². The summed E-state index contributed by atoms with van der Waals surface area (Å²) in [4.78, 5) is 7.10. The van der Waals surface area contributed by atoms with Gasteiger partial charge in [0.2, 0.25) is 0 Å². The SMILES string of the molecule is Cl.NC1(c2noc(-c3ccc(CN4CCCCC4)cc3)n2)CCCC1. The maximum Gasteiger partial charge on any atom is 0.257 e. The van der Waals surface area contributed by atoms with Crippen molar-refractivity contribution in [1.29, 1.82) is 0 Å². The lowest BCUT2D eigenvalue weighted by atomic mass is 9.98. The molecule has 2 aliphatic rings. The smallest absolute Gasteiger partial charge is 0.257 e. The Morgan fingerprint density at radius 2 is 1.68 bits per heavy atom. The first kappa shape index (κ1) is 18.4. The second kappa shape index (κ2) is 7.85. The average molecular weight is 363 g/mol. The van der Waals surface area contributed by atoms with Crippen molar-refractivity contribution < 1.29 is 4.52 Å². The lowest BCUT2D eigenvalue weighted by Crippen LogP contribution is -2.34. The molecule has 0 radical (unpaired) electrons. The van der Waals surface area contributed by atoms with Gasteiger partial charge in [-0.25, -0.2) is 0 Å². The van der Waals surface area contributed by atoms with E-state index in [4.69, 9.17) is 10.3 Å². The number of halogens is 1. The first-order chi connectivity index (χ1) is 11.7. The normalized spacial score (nSPS) is 20.4. The lowest BCUT2D eigenvalue weighted by Gasteiger charge is -2.26. The second-order valence-corrected chi connectivity index (χ2v) is 7.32. The van der Waals surface area contributed by atoms with Crippen molar-refractivity contribution in [3.8, 4) is 11.5 Å². The molecule has 136 valence electrons. The summed E-state index contributed by atoms with van der Waals surface area (Å²) >= 11 is 0. The van der Waals surface area contributed by atoms with Crippen LogP contribution in [0.1, 0.15) is 56.3 Å². The Morgan fingerprint density at radius 3 is 2.36 bits per heavy atom. The molecule has 0 atom stereocenters. The Kier molecular flexibility index (Phi) is 5.77. The fourth-order valence-electron chi connectivity index (χ4n) is 3.90. The number of nitrogens with zero attached hydrogens (tertiary/aromatic N) is 3. The third kappa shape index (κ3) is 4.05. The van der Waals surface area contributed by atoms with Crippen molar-refractivity contribution in [2.75, 3.05) is 13.1 Å². The highest BCUT2D eigenvalue weighted by Gasteiger charge is 2.36. The largest absolute Gasteiger partial charge is 0.334 e. The summed E-state index contributed by atoms with van der Waals surface area (Å²) in [5.74, 6) is 1.23. The molecule has 4 rings (SSSR count). The molecule has 2 aromatic rings. The van der Waals surface area contributed by atoms with Crippen molar-refractivity contribution in [1.82, 2.24) is 15.0 Å². The summed E-state index contributed by atoms with van der Waals surface area (Å²) in [5, 5.41) is 4.14. The Bertz CT molecular complexity index is 673. The predicted octanol–water partition coefficient (Wildman–Crippen LogP) is 3.87. The lowest BCUT2D eigenvalue weighted by molar-refractivity contribution is 0.221. The first-order valence-corrected chi connectivity index (χ1v) is 9.18. The maximum atomic E-state index is 6.41. The monoisotopic (exact) mass is 362 g/mol. The van der Waals surface area contributed by atoms with Crippen molar-refractivity contribution in [3.63, 3.8) is 0 Å². The van der Waals surface area contributed by atoms with E-state index in [-0.39, 0.29) is 12.4 Å². The Hall–Kier alpha value is -1.43. The Balaban J connectivity index is 0.00000182. The summed E-state index contributed by atoms with van der Waals surface area (Å²) in [7, 11) is 0. The summed E-state index contributed by atoms with van der Waals surface area (Å²) < 4.78 is 5.47. The molecule has 25 heavy (non-hydrogen) atoms. The number of hydrogen-bond acceptors (Lipinski definition) is 5. The van der Waals surface area contributed by atoms with E-state index in [1.54, 1.807) is 0 Å². The number of nitrogens with two attached hydrogens (primary N) is 1. The third-order valence-electron chi connectivity index (χ3n) is 5.42. The van der Waals surface area contributed by atoms with Crippen molar-refractivity contribution >= 4 is 12.4 Å². The van der Waals surface area contributed by atoms with Crippen LogP contribution in [-0.4, -0.2) is 28.1 Å². The molecule has 0 spiro atoms. The summed E-state index contributed by atoms with van der Waals surface area (Å²) in [5.41, 5.74) is 8.33. The van der Waals surface area contributed by atoms with Crippen LogP contribution in [0.25, 0.3) is 11.5 Å². The summed E-state index contributed by atoms with van der Waals surface area (Å²) in [6.07, 6.45) is 8.20. The van der Waals surface area contributed by atoms with Crippen LogP contribution in [0, 0.1) is 0 Å². The number of likely N-dealkylation sites (tertiary alicyclic amines) is 1. The second-order valence-electron chi connectivity index (χ2n) is 7.32. The molecule has 6 heteroatoms. The fraction of sp³-hybridized carbons (Fsp3) is 0.579. The van der Waals surface area contributed by atoms with E-state index >= 15 is 0 Å². The van der Waals surface area contributed by atoms with E-state index in [0.29, 0.717) is 11.7 Å². The van der Waals surface area contributed by atoms with Gasteiger partial charge >= 0.3 is 0 Å². The Morgan fingerprint density at radius 1 is 1.00 bits per heavy atom. The molecule has 1 saturated heterocycles. The van der Waals surface area contributed by atoms with Gasteiger partial charge in [-0.05, 0) is 56.5 Å². The van der Waals surface area contributed by atoms with Crippen LogP contribution in [0.3, 0.4) is 0 Å². The zero-order valence-corrected chi connectivity index (χ0v) is 15.4. The summed E-state index contributed by atoms with van der Waals surface area (Å²) in [6, 6.07) is 8.49. The van der Waals surface area contributed by atoms with Gasteiger partial charge in [-0.2, -0.15) is 4.98 Å². The standard InChI is InChI=1S/C19H26N4O.ClH/c20-19(10-2-3-11-19)18-21-17(24-22-18)16-8-6-15(7-9-16)14-23-12-4-1-5-13-23;/h6-9H,1-5,10-14,20H2;1H. The van der Waals surface area contributed by atoms with Crippen LogP contribution < -0.4 is 5.73 Å². The number of hydrogen-bond donors (Lipinski definition) is 1. The zero-order valence-electron chi connectivity index (χ0n) is 14.6. The van der Waals surface area contributed by atoms with Crippen LogP contribution in [0.2, 0.25) is 0 Å². The minimum absolute atomic E-state index is 0. The predicted molar refractivity (Wildman–Crippen MR) is 100 cm³/mol. The van der Waals surface area contributed by atoms with E-state index in [9.17, 15) is 0 Å². The van der Waals surface area contributed by atoms with Crippen molar-refractivity contribution in [2.45, 2.75) is 57.0 Å². The van der Waals surface area contributed by atoms with Crippen LogP contribution in [0.5, 0.6) is 0 Å². The van der Waals surface area contributed by atoms with Gasteiger partial charge in [-0.15, -0.1) is 12.4 Å². The van der Waals surface area contributed by atoms with Gasteiger partial charge in [0, 0.05) is 12.1 Å². The van der Waals surface area contributed by atoms with E-state index in [1.807, 2.05) is 0 Å². The maximum absolute atomic E-state index is 6.41. The highest BCUT2D eigenvalue weighted by molar-refractivity contribution is 5.85. The van der Waals surface area contributed by atoms with E-state index in [0.717, 1.165) is 37.8 Å². The number of benzene rings is 1. The average Bonchev–Trinajstić information content (AvgIpc) is 3.27. The van der Waals surface area contributed by atoms with Gasteiger partial charge in [0.05, 0.1) is 5.54 Å². The summed E-state index contributed by atoms with van der Waals surface area (Å²) in [6.45, 7) is 3.46. The van der Waals surface area contributed by atoms with Crippen molar-refractivity contribution in [3.05, 3.63) is 35.7 Å². The van der Waals surface area contributed by atoms with Gasteiger partial charge < -0.3 is 10.3 Å². The molecular weight excluding hydrogens is 336 g/mol. The molecule has 5 nitrogen and oxygen atoms in total. The fourth-order valence-corrected chi connectivity index (χ4v) is 3.90. The minimum atomic E-state index is -0.393. The van der Waals surface area contributed by atoms with Crippen molar-refractivity contribution in [2.24, 2.45) is 5.73 Å². The van der Waals surface area contributed by atoms with Gasteiger partial charge in [0.1, 0.15) is 0 Å². The quantitative estimate of drug-likeness (QED) is 0.894. The molecule has 0 amide bonds. The molecule has 1 aromatic heterocycles. The van der Waals surface area contributed by atoms with Crippen LogP contribution in [-0.2, 0) is 12.1 Å². The number of rotatable bonds is 4. The molecule has 1 saturated carbocycles. The highest BCUT2D eigenvalue weighted by atomic mass is 35.5. The molecule has 2 fully saturated rings. The number of aromatic nitrogens is 2. The molecule has 0 bridgehead atoms. The molecule has 1 aliphatic heterocycles. The molecule has 0 unspecified atom stereocenters. The minimum Gasteiger partial charge on any atom is -0.334 e. The van der Waals surface area contributed by atoms with Crippen LogP contribution >= 0.6 is 12.4 Å². The van der Waals surface area contributed by atoms with Gasteiger partial charge in [-0.1, -0.05) is 36.6 Å². The van der Waals surface area contributed by atoms with E-state index in [1.165, 1.54) is 37.9 Å². The highest BCUT2D eigenvalue weighted by Crippen LogP contribution is 2.35. The van der Waals surface area contributed by atoms with Gasteiger partial charge in [-0.3, -0.25) is 4.90 Å². The van der Waals surface area contributed by atoms with E-state index < -0.39 is 5.54 Å². The van der Waals surface area contributed by atoms with E-state index in [2.05, 4.69) is 39.3 Å². The molecule has 2 N–H and O–H groups in total. The molecular formula is C19H27ClN4O.